The summed E-state index contributed by atoms with van der Waals surface area (Å²) in [5, 5.41) is 34.2. The number of unbranched alkanes of at least 4 members (excludes halogenated alkanes) is 4. The summed E-state index contributed by atoms with van der Waals surface area (Å²) in [4.78, 5) is 3.71. The maximum absolute atomic E-state index is 10.2. The molecule has 0 fully saturated rings. The monoisotopic (exact) mass is 501 g/mol. The van der Waals surface area contributed by atoms with Gasteiger partial charge in [-0.25, -0.2) is 0 Å². The number of benzene rings is 1. The fourth-order valence-corrected chi connectivity index (χ4v) is 6.26. The van der Waals surface area contributed by atoms with Gasteiger partial charge in [0.2, 0.25) is 0 Å². The number of hydrogen-bond acceptors (Lipinski definition) is 6. The Labute approximate surface area is 215 Å². The number of hydrogen-bond donors (Lipinski definition) is 0. The van der Waals surface area contributed by atoms with Crippen molar-refractivity contribution in [3.05, 3.63) is 46.2 Å². The lowest BCUT2D eigenvalue weighted by atomic mass is 9.93. The first-order valence-electron chi connectivity index (χ1n) is 12.5. The summed E-state index contributed by atoms with van der Waals surface area (Å²) in [6, 6.07) is 12.6. The molecule has 4 aromatic rings. The molecule has 0 N–H and O–H groups in total. The third kappa shape index (κ3) is 5.48. The van der Waals surface area contributed by atoms with Crippen molar-refractivity contribution in [2.24, 2.45) is 5.92 Å². The Bertz CT molecular complexity index is 1230. The van der Waals surface area contributed by atoms with Crippen LogP contribution in [0.1, 0.15) is 76.3 Å². The summed E-state index contributed by atoms with van der Waals surface area (Å²) < 4.78 is 0. The smallest absolute Gasteiger partial charge is 0.123 e. The maximum Gasteiger partial charge on any atom is 0.123 e. The van der Waals surface area contributed by atoms with Gasteiger partial charge < -0.3 is 0 Å². The van der Waals surface area contributed by atoms with Gasteiger partial charge in [-0.1, -0.05) is 64.5 Å². The predicted octanol–water partition coefficient (Wildman–Crippen LogP) is 8.41. The fraction of sp³-hybridized carbons (Fsp3) is 0.429. The molecule has 0 spiro atoms. The molecule has 0 amide bonds. The largest absolute Gasteiger partial charge is 0.192 e. The minimum Gasteiger partial charge on any atom is -0.192 e. The predicted molar refractivity (Wildman–Crippen MR) is 145 cm³/mol. The molecular formula is C28H31N5S2. The maximum atomic E-state index is 10.2. The Morgan fingerprint density at radius 3 is 1.80 bits per heavy atom. The first-order chi connectivity index (χ1) is 17.2. The number of thiophene rings is 2. The molecule has 3 aromatic heterocycles. The van der Waals surface area contributed by atoms with Crippen LogP contribution in [0.5, 0.6) is 0 Å². The number of aromatic nitrogens is 3. The Kier molecular flexibility index (Phi) is 8.69. The van der Waals surface area contributed by atoms with E-state index in [2.05, 4.69) is 26.0 Å². The second kappa shape index (κ2) is 12.1. The van der Waals surface area contributed by atoms with Crippen LogP contribution in [0.4, 0.5) is 0 Å². The van der Waals surface area contributed by atoms with Crippen LogP contribution in [0.25, 0.3) is 31.9 Å². The minimum absolute atomic E-state index is 0.389. The minimum atomic E-state index is 0.389. The van der Waals surface area contributed by atoms with E-state index in [1.54, 1.807) is 22.7 Å². The van der Waals surface area contributed by atoms with Gasteiger partial charge in [-0.15, -0.1) is 22.7 Å². The molecule has 0 bridgehead atoms. The Hall–Kier alpha value is -3.00. The highest BCUT2D eigenvalue weighted by Gasteiger charge is 2.26. The van der Waals surface area contributed by atoms with Gasteiger partial charge in [0.25, 0.3) is 0 Å². The lowest BCUT2D eigenvalue weighted by Gasteiger charge is -2.15. The highest BCUT2D eigenvalue weighted by Crippen LogP contribution is 2.42. The van der Waals surface area contributed by atoms with E-state index in [1.807, 2.05) is 39.8 Å². The molecule has 0 saturated carbocycles. The second-order valence-electron chi connectivity index (χ2n) is 8.99. The Morgan fingerprint density at radius 2 is 1.34 bits per heavy atom. The quantitative estimate of drug-likeness (QED) is 0.183. The molecule has 0 aliphatic carbocycles. The molecule has 3 heterocycles. The lowest BCUT2D eigenvalue weighted by molar-refractivity contribution is 0.330. The Balaban J connectivity index is 1.84. The second-order valence-corrected chi connectivity index (χ2v) is 10.9. The summed E-state index contributed by atoms with van der Waals surface area (Å²) in [5.41, 5.74) is 3.67. The molecule has 4 rings (SSSR count). The van der Waals surface area contributed by atoms with Gasteiger partial charge in [0, 0.05) is 20.9 Å². The SMILES string of the molecule is CCCCCCC(CCCC)Cn1nc2c(-c3cccs3)c(C#N)c(C#N)c(-c3cccs3)c2n1. The van der Waals surface area contributed by atoms with Crippen molar-refractivity contribution in [2.45, 2.75) is 71.8 Å². The van der Waals surface area contributed by atoms with E-state index in [4.69, 9.17) is 10.2 Å². The first-order valence-corrected chi connectivity index (χ1v) is 14.3. The van der Waals surface area contributed by atoms with E-state index in [0.717, 1.165) is 27.4 Å². The van der Waals surface area contributed by atoms with Crippen molar-refractivity contribution < 1.29 is 0 Å². The lowest BCUT2D eigenvalue weighted by Crippen LogP contribution is -2.13. The molecule has 0 aliphatic rings. The van der Waals surface area contributed by atoms with E-state index in [-0.39, 0.29) is 0 Å². The van der Waals surface area contributed by atoms with E-state index in [9.17, 15) is 10.5 Å². The zero-order chi connectivity index (χ0) is 24.6. The molecule has 180 valence electrons. The van der Waals surface area contributed by atoms with Gasteiger partial charge in [-0.3, -0.25) is 0 Å². The average molecular weight is 502 g/mol. The van der Waals surface area contributed by atoms with Gasteiger partial charge in [-0.2, -0.15) is 25.5 Å². The van der Waals surface area contributed by atoms with Crippen molar-refractivity contribution in [2.75, 3.05) is 0 Å². The average Bonchev–Trinajstić information content (AvgIpc) is 3.65. The number of nitrogens with zero attached hydrogens (tertiary/aromatic N) is 5. The summed E-state index contributed by atoms with van der Waals surface area (Å²) in [7, 11) is 0. The summed E-state index contributed by atoms with van der Waals surface area (Å²) >= 11 is 3.12. The zero-order valence-corrected chi connectivity index (χ0v) is 22.1. The highest BCUT2D eigenvalue weighted by atomic mass is 32.1. The van der Waals surface area contributed by atoms with Gasteiger partial charge in [0.1, 0.15) is 23.2 Å². The summed E-state index contributed by atoms with van der Waals surface area (Å²) in [5.74, 6) is 0.523. The van der Waals surface area contributed by atoms with Gasteiger partial charge in [0.15, 0.2) is 0 Å². The fourth-order valence-electron chi connectivity index (χ4n) is 4.71. The molecule has 0 radical (unpaired) electrons. The van der Waals surface area contributed by atoms with Crippen molar-refractivity contribution in [3.8, 4) is 33.0 Å². The molecule has 0 aliphatic heterocycles. The standard InChI is InChI=1S/C28H31N5S2/c1-3-5-7-8-12-20(11-6-4-2)19-33-31-27-25(23-13-9-15-34-23)21(17-29)22(18-30)26(28(27)32-33)24-14-10-16-35-24/h9-10,13-16,20H,3-8,11-12,19H2,1-2H3. The van der Waals surface area contributed by atoms with Crippen LogP contribution in [-0.4, -0.2) is 15.0 Å². The van der Waals surface area contributed by atoms with Gasteiger partial charge in [0.05, 0.1) is 17.7 Å². The third-order valence-electron chi connectivity index (χ3n) is 6.49. The molecular weight excluding hydrogens is 470 g/mol. The van der Waals surface area contributed by atoms with E-state index in [0.29, 0.717) is 28.1 Å². The Morgan fingerprint density at radius 1 is 0.800 bits per heavy atom. The van der Waals surface area contributed by atoms with Crippen molar-refractivity contribution in [1.29, 1.82) is 10.5 Å². The normalized spacial score (nSPS) is 12.0. The highest BCUT2D eigenvalue weighted by molar-refractivity contribution is 7.14. The van der Waals surface area contributed by atoms with Crippen molar-refractivity contribution in [1.82, 2.24) is 15.0 Å². The van der Waals surface area contributed by atoms with E-state index >= 15 is 0 Å². The van der Waals surface area contributed by atoms with Gasteiger partial charge >= 0.3 is 0 Å². The molecule has 1 aromatic carbocycles. The van der Waals surface area contributed by atoms with E-state index < -0.39 is 0 Å². The molecule has 1 unspecified atom stereocenters. The number of rotatable bonds is 12. The zero-order valence-electron chi connectivity index (χ0n) is 20.5. The summed E-state index contributed by atoms with van der Waals surface area (Å²) in [6.07, 6.45) is 9.78. The van der Waals surface area contributed by atoms with Crippen LogP contribution in [-0.2, 0) is 6.54 Å². The van der Waals surface area contributed by atoms with E-state index in [1.165, 1.54) is 51.4 Å². The van der Waals surface area contributed by atoms with Crippen molar-refractivity contribution >= 4 is 33.7 Å². The topological polar surface area (TPSA) is 78.3 Å². The van der Waals surface area contributed by atoms with Crippen LogP contribution in [0, 0.1) is 28.6 Å². The van der Waals surface area contributed by atoms with Crippen LogP contribution >= 0.6 is 22.7 Å². The first kappa shape index (κ1) is 25.1. The molecule has 0 saturated heterocycles. The van der Waals surface area contributed by atoms with Gasteiger partial charge in [-0.05, 0) is 41.7 Å². The summed E-state index contributed by atoms with van der Waals surface area (Å²) in [6.45, 7) is 5.25. The molecule has 7 heteroatoms. The van der Waals surface area contributed by atoms with Crippen LogP contribution in [0.3, 0.4) is 0 Å². The van der Waals surface area contributed by atoms with Crippen LogP contribution in [0.15, 0.2) is 35.0 Å². The molecule has 5 nitrogen and oxygen atoms in total. The number of nitriles is 2. The third-order valence-corrected chi connectivity index (χ3v) is 8.27. The van der Waals surface area contributed by atoms with Crippen molar-refractivity contribution in [3.63, 3.8) is 0 Å². The van der Waals surface area contributed by atoms with Crippen LogP contribution < -0.4 is 0 Å². The molecule has 1 atom stereocenters. The number of fused-ring (bicyclic) bond motifs is 1. The molecule has 35 heavy (non-hydrogen) atoms. The van der Waals surface area contributed by atoms with Crippen LogP contribution in [0.2, 0.25) is 0 Å².